The van der Waals surface area contributed by atoms with Gasteiger partial charge in [-0.1, -0.05) is 18.2 Å². The highest BCUT2D eigenvalue weighted by Gasteiger charge is 2.29. The fourth-order valence-electron chi connectivity index (χ4n) is 3.53. The number of fused-ring (bicyclic) bond motifs is 1. The van der Waals surface area contributed by atoms with E-state index in [1.807, 2.05) is 31.2 Å². The van der Waals surface area contributed by atoms with Gasteiger partial charge in [-0.15, -0.1) is 0 Å². The summed E-state index contributed by atoms with van der Waals surface area (Å²) in [5.74, 6) is 0.129. The highest BCUT2D eigenvalue weighted by atomic mass is 16.5. The second-order valence-electron chi connectivity index (χ2n) is 6.76. The van der Waals surface area contributed by atoms with Crippen LogP contribution in [0.25, 0.3) is 0 Å². The first-order valence-electron chi connectivity index (χ1n) is 9.37. The Bertz CT molecular complexity index is 910. The van der Waals surface area contributed by atoms with Gasteiger partial charge in [-0.25, -0.2) is 4.79 Å². The van der Waals surface area contributed by atoms with E-state index in [1.54, 1.807) is 11.0 Å². The molecule has 0 fully saturated rings. The molecule has 1 amide bonds. The molecule has 154 valence electrons. The van der Waals surface area contributed by atoms with Crippen LogP contribution in [0.1, 0.15) is 29.3 Å². The van der Waals surface area contributed by atoms with Crippen molar-refractivity contribution in [3.63, 3.8) is 0 Å². The molecule has 0 spiro atoms. The number of ether oxygens (including phenoxy) is 4. The largest absolute Gasteiger partial charge is 0.496 e. The molecule has 0 radical (unpaired) electrons. The second kappa shape index (κ2) is 8.86. The summed E-state index contributed by atoms with van der Waals surface area (Å²) in [4.78, 5) is 27.2. The fourth-order valence-corrected chi connectivity index (χ4v) is 3.53. The number of anilines is 1. The summed E-state index contributed by atoms with van der Waals surface area (Å²) in [6.45, 7) is 1.63. The van der Waals surface area contributed by atoms with Gasteiger partial charge in [0.1, 0.15) is 11.3 Å². The SMILES string of the molecule is COc1cc(OC)c(C(=O)OCC(=O)N2c3ccccc3CCC2C)cc1OC. The van der Waals surface area contributed by atoms with E-state index < -0.39 is 5.97 Å². The van der Waals surface area contributed by atoms with Crippen LogP contribution in [0.15, 0.2) is 36.4 Å². The van der Waals surface area contributed by atoms with Gasteiger partial charge in [-0.05, 0) is 31.4 Å². The first kappa shape index (κ1) is 20.5. The molecule has 3 rings (SSSR count). The predicted octanol–water partition coefficient (Wildman–Crippen LogP) is 3.24. The number of hydrogen-bond acceptors (Lipinski definition) is 6. The molecule has 0 saturated carbocycles. The first-order chi connectivity index (χ1) is 14.0. The van der Waals surface area contributed by atoms with Gasteiger partial charge in [0.05, 0.1) is 21.3 Å². The minimum Gasteiger partial charge on any atom is -0.496 e. The lowest BCUT2D eigenvalue weighted by molar-refractivity contribution is -0.122. The summed E-state index contributed by atoms with van der Waals surface area (Å²) in [5, 5.41) is 0. The monoisotopic (exact) mass is 399 g/mol. The number of methoxy groups -OCH3 is 3. The fraction of sp³-hybridized carbons (Fsp3) is 0.364. The van der Waals surface area contributed by atoms with Crippen molar-refractivity contribution in [1.82, 2.24) is 0 Å². The molecule has 2 aromatic rings. The maximum absolute atomic E-state index is 12.9. The summed E-state index contributed by atoms with van der Waals surface area (Å²) in [7, 11) is 4.40. The van der Waals surface area contributed by atoms with Crippen molar-refractivity contribution in [2.75, 3.05) is 32.8 Å². The Labute approximate surface area is 170 Å². The molecule has 0 aliphatic carbocycles. The Morgan fingerprint density at radius 1 is 1.00 bits per heavy atom. The average Bonchev–Trinajstić information content (AvgIpc) is 2.76. The molecule has 1 heterocycles. The number of hydrogen-bond donors (Lipinski definition) is 0. The molecule has 1 aliphatic heterocycles. The van der Waals surface area contributed by atoms with Crippen LogP contribution in [0.5, 0.6) is 17.2 Å². The zero-order chi connectivity index (χ0) is 21.0. The predicted molar refractivity (Wildman–Crippen MR) is 108 cm³/mol. The van der Waals surface area contributed by atoms with E-state index in [0.717, 1.165) is 24.1 Å². The molecule has 7 nitrogen and oxygen atoms in total. The highest BCUT2D eigenvalue weighted by Crippen LogP contribution is 2.35. The van der Waals surface area contributed by atoms with Gasteiger partial charge >= 0.3 is 5.97 Å². The first-order valence-corrected chi connectivity index (χ1v) is 9.37. The Morgan fingerprint density at radius 3 is 2.34 bits per heavy atom. The van der Waals surface area contributed by atoms with Gasteiger partial charge in [0, 0.05) is 23.9 Å². The maximum atomic E-state index is 12.9. The van der Waals surface area contributed by atoms with Crippen molar-refractivity contribution in [3.8, 4) is 17.2 Å². The van der Waals surface area contributed by atoms with Crippen LogP contribution in [0, 0.1) is 0 Å². The summed E-state index contributed by atoms with van der Waals surface area (Å²) in [5.41, 5.74) is 2.15. The molecule has 1 atom stereocenters. The van der Waals surface area contributed by atoms with E-state index in [0.29, 0.717) is 11.5 Å². The number of carbonyl (C=O) groups is 2. The molecule has 2 aromatic carbocycles. The number of nitrogens with zero attached hydrogens (tertiary/aromatic N) is 1. The average molecular weight is 399 g/mol. The lowest BCUT2D eigenvalue weighted by Crippen LogP contribution is -2.44. The minimum absolute atomic E-state index is 0.0340. The lowest BCUT2D eigenvalue weighted by atomic mass is 9.96. The van der Waals surface area contributed by atoms with Gasteiger partial charge < -0.3 is 23.8 Å². The van der Waals surface area contributed by atoms with Gasteiger partial charge in [-0.2, -0.15) is 0 Å². The summed E-state index contributed by atoms with van der Waals surface area (Å²) in [6, 6.07) is 10.8. The molecule has 0 aromatic heterocycles. The Morgan fingerprint density at radius 2 is 1.66 bits per heavy atom. The molecule has 0 bridgehead atoms. The van der Waals surface area contributed by atoms with Crippen molar-refractivity contribution in [2.45, 2.75) is 25.8 Å². The zero-order valence-corrected chi connectivity index (χ0v) is 17.1. The van der Waals surface area contributed by atoms with E-state index in [9.17, 15) is 9.59 Å². The van der Waals surface area contributed by atoms with Crippen LogP contribution in [0.2, 0.25) is 0 Å². The molecule has 1 aliphatic rings. The van der Waals surface area contributed by atoms with Crippen molar-refractivity contribution in [1.29, 1.82) is 0 Å². The number of rotatable bonds is 6. The van der Waals surface area contributed by atoms with E-state index in [1.165, 1.54) is 27.4 Å². The van der Waals surface area contributed by atoms with E-state index in [4.69, 9.17) is 18.9 Å². The van der Waals surface area contributed by atoms with Crippen LogP contribution in [-0.2, 0) is 16.0 Å². The topological polar surface area (TPSA) is 74.3 Å². The number of benzene rings is 2. The van der Waals surface area contributed by atoms with Gasteiger partial charge in [0.15, 0.2) is 18.1 Å². The molecule has 29 heavy (non-hydrogen) atoms. The van der Waals surface area contributed by atoms with E-state index >= 15 is 0 Å². The molecular weight excluding hydrogens is 374 g/mol. The third kappa shape index (κ3) is 4.13. The number of amides is 1. The lowest BCUT2D eigenvalue weighted by Gasteiger charge is -2.35. The Balaban J connectivity index is 1.77. The van der Waals surface area contributed by atoms with Gasteiger partial charge in [-0.3, -0.25) is 4.79 Å². The van der Waals surface area contributed by atoms with Crippen LogP contribution in [-0.4, -0.2) is 45.9 Å². The van der Waals surface area contributed by atoms with E-state index in [2.05, 4.69) is 0 Å². The van der Waals surface area contributed by atoms with Crippen molar-refractivity contribution >= 4 is 17.6 Å². The number of carbonyl (C=O) groups excluding carboxylic acids is 2. The molecule has 0 N–H and O–H groups in total. The van der Waals surface area contributed by atoms with Crippen molar-refractivity contribution in [3.05, 3.63) is 47.5 Å². The van der Waals surface area contributed by atoms with E-state index in [-0.39, 0.29) is 29.9 Å². The highest BCUT2D eigenvalue weighted by molar-refractivity contribution is 5.99. The molecule has 1 unspecified atom stereocenters. The van der Waals surface area contributed by atoms with Crippen LogP contribution < -0.4 is 19.1 Å². The number of para-hydroxylation sites is 1. The van der Waals surface area contributed by atoms with Crippen LogP contribution in [0.4, 0.5) is 5.69 Å². The van der Waals surface area contributed by atoms with Gasteiger partial charge in [0.2, 0.25) is 0 Å². The van der Waals surface area contributed by atoms with Gasteiger partial charge in [0.25, 0.3) is 5.91 Å². The normalized spacial score (nSPS) is 15.3. The Hall–Kier alpha value is -3.22. The van der Waals surface area contributed by atoms with Crippen LogP contribution >= 0.6 is 0 Å². The summed E-state index contributed by atoms with van der Waals surface area (Å²) < 4.78 is 21.0. The maximum Gasteiger partial charge on any atom is 0.342 e. The Kier molecular flexibility index (Phi) is 6.26. The quantitative estimate of drug-likeness (QED) is 0.695. The molecule has 7 heteroatoms. The smallest absolute Gasteiger partial charge is 0.342 e. The second-order valence-corrected chi connectivity index (χ2v) is 6.76. The summed E-state index contributed by atoms with van der Waals surface area (Å²) >= 11 is 0. The summed E-state index contributed by atoms with van der Waals surface area (Å²) in [6.07, 6.45) is 1.78. The third-order valence-electron chi connectivity index (χ3n) is 5.04. The minimum atomic E-state index is -0.672. The number of aryl methyl sites for hydroxylation is 1. The van der Waals surface area contributed by atoms with Crippen LogP contribution in [0.3, 0.4) is 0 Å². The van der Waals surface area contributed by atoms with Crippen molar-refractivity contribution < 1.29 is 28.5 Å². The standard InChI is InChI=1S/C22H25NO6/c1-14-9-10-15-7-5-6-8-17(15)23(14)21(24)13-29-22(25)16-11-19(27-3)20(28-4)12-18(16)26-2/h5-8,11-12,14H,9-10,13H2,1-4H3. The number of esters is 1. The third-order valence-corrected chi connectivity index (χ3v) is 5.04. The van der Waals surface area contributed by atoms with Crippen molar-refractivity contribution in [2.24, 2.45) is 0 Å². The molecular formula is C22H25NO6. The molecule has 0 saturated heterocycles. The zero-order valence-electron chi connectivity index (χ0n) is 17.1.